The number of carbonyl (C=O) groups excluding carboxylic acids is 2. The van der Waals surface area contributed by atoms with Gasteiger partial charge in [0.15, 0.2) is 11.5 Å². The number of hydrogen-bond donors (Lipinski definition) is 3. The van der Waals surface area contributed by atoms with Gasteiger partial charge in [-0.2, -0.15) is 10.2 Å². The van der Waals surface area contributed by atoms with E-state index in [9.17, 15) is 9.59 Å². The molecule has 2 heterocycles. The van der Waals surface area contributed by atoms with Crippen LogP contribution in [0.3, 0.4) is 0 Å². The second kappa shape index (κ2) is 4.69. The molecule has 2 atom stereocenters. The molecule has 8 nitrogen and oxygen atoms in total. The van der Waals surface area contributed by atoms with Crippen molar-refractivity contribution in [1.82, 2.24) is 20.0 Å². The summed E-state index contributed by atoms with van der Waals surface area (Å²) >= 11 is 0. The SMILES string of the molecule is NC(=O)CCn1ccc(NC(=O)c2n[nH]c3c2C[C@H]2C[C@@H]32)n1. The fraction of sp³-hybridized carbons (Fsp3) is 0.429. The van der Waals surface area contributed by atoms with Gasteiger partial charge in [0.2, 0.25) is 5.91 Å². The predicted octanol–water partition coefficient (Wildman–Crippen LogP) is 0.393. The predicted molar refractivity (Wildman–Crippen MR) is 77.1 cm³/mol. The number of aryl methyl sites for hydroxylation is 1. The minimum absolute atomic E-state index is 0.213. The summed E-state index contributed by atoms with van der Waals surface area (Å²) in [5, 5.41) is 14.1. The van der Waals surface area contributed by atoms with Gasteiger partial charge in [0.05, 0.1) is 0 Å². The average molecular weight is 300 g/mol. The second-order valence-corrected chi connectivity index (χ2v) is 5.91. The lowest BCUT2D eigenvalue weighted by atomic mass is 10.1. The number of nitrogens with one attached hydrogen (secondary N) is 2. The molecule has 4 N–H and O–H groups in total. The third kappa shape index (κ3) is 2.16. The third-order valence-electron chi connectivity index (χ3n) is 4.34. The van der Waals surface area contributed by atoms with Crippen molar-refractivity contribution in [3.63, 3.8) is 0 Å². The van der Waals surface area contributed by atoms with E-state index in [0.29, 0.717) is 29.9 Å². The van der Waals surface area contributed by atoms with E-state index in [-0.39, 0.29) is 18.2 Å². The Bertz CT molecular complexity index is 761. The number of primary amides is 1. The number of anilines is 1. The van der Waals surface area contributed by atoms with E-state index in [1.54, 1.807) is 16.9 Å². The minimum atomic E-state index is -0.383. The molecular formula is C14H16N6O2. The summed E-state index contributed by atoms with van der Waals surface area (Å²) in [6, 6.07) is 1.68. The highest BCUT2D eigenvalue weighted by molar-refractivity contribution is 6.03. The van der Waals surface area contributed by atoms with Crippen molar-refractivity contribution in [3.8, 4) is 0 Å². The first-order chi connectivity index (χ1) is 10.6. The molecule has 0 aliphatic heterocycles. The molecule has 2 amide bonds. The normalized spacial score (nSPS) is 21.3. The van der Waals surface area contributed by atoms with Crippen LogP contribution >= 0.6 is 0 Å². The summed E-state index contributed by atoms with van der Waals surface area (Å²) in [5.74, 6) is 1.08. The maximum Gasteiger partial charge on any atom is 0.277 e. The number of amides is 2. The molecule has 0 aromatic carbocycles. The van der Waals surface area contributed by atoms with E-state index in [1.165, 1.54) is 6.42 Å². The first-order valence-corrected chi connectivity index (χ1v) is 7.32. The number of nitrogens with two attached hydrogens (primary N) is 1. The van der Waals surface area contributed by atoms with Crippen LogP contribution in [0.25, 0.3) is 0 Å². The van der Waals surface area contributed by atoms with Gasteiger partial charge in [-0.05, 0) is 18.8 Å². The number of aromatic nitrogens is 4. The fourth-order valence-electron chi connectivity index (χ4n) is 3.12. The van der Waals surface area contributed by atoms with Crippen molar-refractivity contribution < 1.29 is 9.59 Å². The highest BCUT2D eigenvalue weighted by Gasteiger charge is 2.48. The number of carbonyl (C=O) groups is 2. The molecule has 2 aromatic rings. The highest BCUT2D eigenvalue weighted by Crippen LogP contribution is 2.56. The molecule has 0 saturated heterocycles. The lowest BCUT2D eigenvalue weighted by Crippen LogP contribution is -2.16. The lowest BCUT2D eigenvalue weighted by Gasteiger charge is -2.02. The van der Waals surface area contributed by atoms with Crippen molar-refractivity contribution in [2.45, 2.75) is 31.7 Å². The average Bonchev–Trinajstić information content (AvgIpc) is 2.86. The van der Waals surface area contributed by atoms with Crippen LogP contribution in [0.1, 0.15) is 40.5 Å². The first-order valence-electron chi connectivity index (χ1n) is 7.32. The van der Waals surface area contributed by atoms with Crippen LogP contribution in [0.4, 0.5) is 5.82 Å². The molecule has 2 aliphatic rings. The van der Waals surface area contributed by atoms with E-state index in [0.717, 1.165) is 17.7 Å². The minimum Gasteiger partial charge on any atom is -0.370 e. The first kappa shape index (κ1) is 13.1. The van der Waals surface area contributed by atoms with Gasteiger partial charge in [0.1, 0.15) is 0 Å². The van der Waals surface area contributed by atoms with Crippen LogP contribution in [0, 0.1) is 5.92 Å². The maximum atomic E-state index is 12.3. The molecule has 114 valence electrons. The smallest absolute Gasteiger partial charge is 0.277 e. The van der Waals surface area contributed by atoms with Crippen molar-refractivity contribution in [1.29, 1.82) is 0 Å². The lowest BCUT2D eigenvalue weighted by molar-refractivity contribution is -0.118. The van der Waals surface area contributed by atoms with Crippen LogP contribution in [-0.4, -0.2) is 31.8 Å². The van der Waals surface area contributed by atoms with Crippen LogP contribution < -0.4 is 11.1 Å². The molecule has 2 aliphatic carbocycles. The molecule has 0 radical (unpaired) electrons. The summed E-state index contributed by atoms with van der Waals surface area (Å²) in [6.45, 7) is 0.395. The zero-order chi connectivity index (χ0) is 15.3. The molecule has 2 aromatic heterocycles. The van der Waals surface area contributed by atoms with Gasteiger partial charge >= 0.3 is 0 Å². The number of H-pyrrole nitrogens is 1. The molecule has 4 rings (SSSR count). The largest absolute Gasteiger partial charge is 0.370 e. The Morgan fingerprint density at radius 3 is 3.18 bits per heavy atom. The van der Waals surface area contributed by atoms with Crippen LogP contribution in [0.5, 0.6) is 0 Å². The molecule has 22 heavy (non-hydrogen) atoms. The van der Waals surface area contributed by atoms with Crippen molar-refractivity contribution in [2.24, 2.45) is 11.7 Å². The van der Waals surface area contributed by atoms with Gasteiger partial charge in [-0.1, -0.05) is 0 Å². The molecule has 0 bridgehead atoms. The number of fused-ring (bicyclic) bond motifs is 3. The van der Waals surface area contributed by atoms with Crippen molar-refractivity contribution >= 4 is 17.6 Å². The Hall–Kier alpha value is -2.64. The summed E-state index contributed by atoms with van der Waals surface area (Å²) < 4.78 is 1.57. The quantitative estimate of drug-likeness (QED) is 0.740. The topological polar surface area (TPSA) is 119 Å². The summed E-state index contributed by atoms with van der Waals surface area (Å²) in [6.07, 6.45) is 4.06. The Kier molecular flexibility index (Phi) is 2.78. The standard InChI is InChI=1S/C14H16N6O2/c15-10(21)1-3-20-4-2-11(19-20)16-14(22)13-9-6-7-5-8(7)12(9)17-18-13/h2,4,7-8H,1,3,5-6H2,(H2,15,21)(H,17,18)(H,16,19,22)/t7-,8-/m1/s1. The molecular weight excluding hydrogens is 284 g/mol. The monoisotopic (exact) mass is 300 g/mol. The van der Waals surface area contributed by atoms with Gasteiger partial charge in [-0.15, -0.1) is 0 Å². The van der Waals surface area contributed by atoms with Crippen LogP contribution in [-0.2, 0) is 17.8 Å². The Morgan fingerprint density at radius 1 is 1.50 bits per heavy atom. The van der Waals surface area contributed by atoms with Gasteiger partial charge < -0.3 is 11.1 Å². The van der Waals surface area contributed by atoms with E-state index >= 15 is 0 Å². The Labute approximate surface area is 126 Å². The maximum absolute atomic E-state index is 12.3. The molecule has 1 fully saturated rings. The summed E-state index contributed by atoms with van der Waals surface area (Å²) in [7, 11) is 0. The highest BCUT2D eigenvalue weighted by atomic mass is 16.2. The van der Waals surface area contributed by atoms with Crippen molar-refractivity contribution in [3.05, 3.63) is 29.2 Å². The van der Waals surface area contributed by atoms with E-state index in [4.69, 9.17) is 5.73 Å². The molecule has 0 spiro atoms. The van der Waals surface area contributed by atoms with Crippen LogP contribution in [0.15, 0.2) is 12.3 Å². The van der Waals surface area contributed by atoms with E-state index in [1.807, 2.05) is 0 Å². The molecule has 0 unspecified atom stereocenters. The Balaban J connectivity index is 1.44. The van der Waals surface area contributed by atoms with E-state index in [2.05, 4.69) is 20.6 Å². The number of rotatable bonds is 5. The number of aromatic amines is 1. The van der Waals surface area contributed by atoms with Gasteiger partial charge in [0, 0.05) is 42.4 Å². The van der Waals surface area contributed by atoms with E-state index < -0.39 is 0 Å². The summed E-state index contributed by atoms with van der Waals surface area (Å²) in [5.41, 5.74) is 7.74. The second-order valence-electron chi connectivity index (χ2n) is 5.91. The molecule has 8 heteroatoms. The van der Waals surface area contributed by atoms with Gasteiger partial charge in [0.25, 0.3) is 5.91 Å². The summed E-state index contributed by atoms with van der Waals surface area (Å²) in [4.78, 5) is 23.1. The zero-order valence-corrected chi connectivity index (χ0v) is 11.9. The molecule has 1 saturated carbocycles. The Morgan fingerprint density at radius 2 is 2.36 bits per heavy atom. The number of nitrogens with zero attached hydrogens (tertiary/aromatic N) is 3. The van der Waals surface area contributed by atoms with Gasteiger partial charge in [-0.3, -0.25) is 19.4 Å². The van der Waals surface area contributed by atoms with Crippen LogP contribution in [0.2, 0.25) is 0 Å². The fourth-order valence-corrected chi connectivity index (χ4v) is 3.12. The van der Waals surface area contributed by atoms with Crippen molar-refractivity contribution in [2.75, 3.05) is 5.32 Å². The number of hydrogen-bond acceptors (Lipinski definition) is 4. The third-order valence-corrected chi connectivity index (χ3v) is 4.34. The van der Waals surface area contributed by atoms with Gasteiger partial charge in [-0.25, -0.2) is 0 Å². The zero-order valence-electron chi connectivity index (χ0n) is 11.9.